The number of hydrogen-bond donors (Lipinski definition) is 1. The Morgan fingerprint density at radius 1 is 1.08 bits per heavy atom. The maximum Gasteiger partial charge on any atom is 0.254 e. The predicted molar refractivity (Wildman–Crippen MR) is 142 cm³/mol. The van der Waals surface area contributed by atoms with Crippen LogP contribution >= 0.6 is 0 Å². The Bertz CT molecular complexity index is 1160. The van der Waals surface area contributed by atoms with Crippen LogP contribution in [0.1, 0.15) is 36.2 Å². The maximum atomic E-state index is 13.6. The van der Waals surface area contributed by atoms with Gasteiger partial charge in [0.1, 0.15) is 5.58 Å². The van der Waals surface area contributed by atoms with E-state index in [1.807, 2.05) is 36.9 Å². The highest BCUT2D eigenvalue weighted by Gasteiger charge is 2.32. The highest BCUT2D eigenvalue weighted by molar-refractivity contribution is 5.95. The SMILES string of the molecule is COCCCOc1cc(C(=O)N(C[C@@H]2CNC[C@H]2OCc2ccc3occc3c2)C(C)C)ccc1OC. The second kappa shape index (κ2) is 12.9. The quantitative estimate of drug-likeness (QED) is 0.339. The van der Waals surface area contributed by atoms with Crippen LogP contribution in [0.2, 0.25) is 0 Å². The summed E-state index contributed by atoms with van der Waals surface area (Å²) < 4.78 is 28.2. The number of ether oxygens (including phenoxy) is 4. The van der Waals surface area contributed by atoms with Crippen LogP contribution in [-0.2, 0) is 16.1 Å². The molecule has 2 aromatic carbocycles. The lowest BCUT2D eigenvalue weighted by molar-refractivity contribution is 0.0129. The summed E-state index contributed by atoms with van der Waals surface area (Å²) in [5.74, 6) is 1.32. The molecule has 2 heterocycles. The van der Waals surface area contributed by atoms with E-state index in [1.54, 1.807) is 38.7 Å². The highest BCUT2D eigenvalue weighted by Crippen LogP contribution is 2.29. The molecule has 0 bridgehead atoms. The van der Waals surface area contributed by atoms with E-state index in [0.29, 0.717) is 43.4 Å². The lowest BCUT2D eigenvalue weighted by Gasteiger charge is -2.31. The molecule has 8 nitrogen and oxygen atoms in total. The molecular weight excluding hydrogens is 472 g/mol. The second-order valence-corrected chi connectivity index (χ2v) is 9.67. The van der Waals surface area contributed by atoms with Gasteiger partial charge in [-0.2, -0.15) is 0 Å². The first-order valence-electron chi connectivity index (χ1n) is 12.9. The standard InChI is InChI=1S/C29H38N2O6/c1-20(2)31(29(32)23-7-9-26(34-4)27(15-23)35-12-5-11-33-3)18-24-16-30-17-28(24)37-19-21-6-8-25-22(14-21)10-13-36-25/h6-10,13-15,20,24,28,30H,5,11-12,16-19H2,1-4H3/t24-,28+/m0/s1. The number of rotatable bonds is 13. The number of nitrogens with zero attached hydrogens (tertiary/aromatic N) is 1. The Morgan fingerprint density at radius 2 is 1.95 bits per heavy atom. The van der Waals surface area contributed by atoms with Crippen LogP contribution in [0, 0.1) is 5.92 Å². The van der Waals surface area contributed by atoms with Crippen molar-refractivity contribution in [2.75, 3.05) is 47.1 Å². The molecule has 1 N–H and O–H groups in total. The second-order valence-electron chi connectivity index (χ2n) is 9.67. The van der Waals surface area contributed by atoms with E-state index >= 15 is 0 Å². The van der Waals surface area contributed by atoms with Crippen molar-refractivity contribution in [3.63, 3.8) is 0 Å². The Morgan fingerprint density at radius 3 is 2.73 bits per heavy atom. The molecule has 0 saturated carbocycles. The zero-order chi connectivity index (χ0) is 26.2. The molecule has 4 rings (SSSR count). The molecule has 1 fully saturated rings. The first kappa shape index (κ1) is 27.0. The molecule has 2 atom stereocenters. The van der Waals surface area contributed by atoms with Crippen molar-refractivity contribution in [1.29, 1.82) is 0 Å². The van der Waals surface area contributed by atoms with Crippen LogP contribution in [0.25, 0.3) is 11.0 Å². The smallest absolute Gasteiger partial charge is 0.254 e. The molecule has 1 amide bonds. The van der Waals surface area contributed by atoms with Crippen molar-refractivity contribution < 1.29 is 28.2 Å². The average Bonchev–Trinajstić information content (AvgIpc) is 3.56. The fourth-order valence-corrected chi connectivity index (χ4v) is 4.65. The Kier molecular flexibility index (Phi) is 9.44. The van der Waals surface area contributed by atoms with E-state index in [1.165, 1.54) is 0 Å². The van der Waals surface area contributed by atoms with Crippen molar-refractivity contribution in [3.05, 3.63) is 59.9 Å². The van der Waals surface area contributed by atoms with E-state index < -0.39 is 0 Å². The van der Waals surface area contributed by atoms with Crippen molar-refractivity contribution in [1.82, 2.24) is 10.2 Å². The van der Waals surface area contributed by atoms with Crippen LogP contribution in [0.4, 0.5) is 0 Å². The Labute approximate surface area is 218 Å². The number of nitrogens with one attached hydrogen (secondary N) is 1. The minimum atomic E-state index is -0.0320. The summed E-state index contributed by atoms with van der Waals surface area (Å²) in [5.41, 5.74) is 2.55. The maximum absolute atomic E-state index is 13.6. The van der Waals surface area contributed by atoms with Gasteiger partial charge in [-0.15, -0.1) is 0 Å². The monoisotopic (exact) mass is 510 g/mol. The third-order valence-electron chi connectivity index (χ3n) is 6.74. The largest absolute Gasteiger partial charge is 0.493 e. The van der Waals surface area contributed by atoms with Gasteiger partial charge in [0.25, 0.3) is 5.91 Å². The van der Waals surface area contributed by atoms with Crippen LogP contribution in [0.15, 0.2) is 53.1 Å². The van der Waals surface area contributed by atoms with Gasteiger partial charge in [-0.3, -0.25) is 4.79 Å². The van der Waals surface area contributed by atoms with Gasteiger partial charge in [0.05, 0.1) is 32.7 Å². The molecule has 200 valence electrons. The number of carbonyl (C=O) groups excluding carboxylic acids is 1. The number of carbonyl (C=O) groups is 1. The summed E-state index contributed by atoms with van der Waals surface area (Å²) >= 11 is 0. The highest BCUT2D eigenvalue weighted by atomic mass is 16.5. The molecule has 0 unspecified atom stereocenters. The lowest BCUT2D eigenvalue weighted by atomic mass is 10.0. The molecule has 1 saturated heterocycles. The summed E-state index contributed by atoms with van der Waals surface area (Å²) in [5, 5.41) is 4.51. The van der Waals surface area contributed by atoms with E-state index in [2.05, 4.69) is 11.4 Å². The first-order chi connectivity index (χ1) is 18.0. The molecule has 0 spiro atoms. The van der Waals surface area contributed by atoms with Gasteiger partial charge in [0, 0.05) is 62.7 Å². The number of hydrogen-bond acceptors (Lipinski definition) is 7. The molecule has 3 aromatic rings. The van der Waals surface area contributed by atoms with Crippen molar-refractivity contribution in [2.45, 2.75) is 39.0 Å². The van der Waals surface area contributed by atoms with Gasteiger partial charge in [-0.05, 0) is 55.8 Å². The number of furan rings is 1. The van der Waals surface area contributed by atoms with Gasteiger partial charge < -0.3 is 33.6 Å². The minimum Gasteiger partial charge on any atom is -0.493 e. The fraction of sp³-hybridized carbons (Fsp3) is 0.483. The summed E-state index contributed by atoms with van der Waals surface area (Å²) in [7, 11) is 3.26. The van der Waals surface area contributed by atoms with Crippen molar-refractivity contribution in [2.24, 2.45) is 5.92 Å². The minimum absolute atomic E-state index is 0.0182. The summed E-state index contributed by atoms with van der Waals surface area (Å²) in [6.45, 7) is 7.87. The molecule has 1 aromatic heterocycles. The molecular formula is C29H38N2O6. The summed E-state index contributed by atoms with van der Waals surface area (Å²) in [6.07, 6.45) is 2.47. The number of amides is 1. The molecule has 8 heteroatoms. The molecule has 1 aliphatic rings. The lowest BCUT2D eigenvalue weighted by Crippen LogP contribution is -2.43. The molecule has 0 radical (unpaired) electrons. The molecule has 37 heavy (non-hydrogen) atoms. The van der Waals surface area contributed by atoms with Crippen LogP contribution in [-0.4, -0.2) is 70.0 Å². The Hall–Kier alpha value is -3.07. The fourth-order valence-electron chi connectivity index (χ4n) is 4.65. The van der Waals surface area contributed by atoms with Crippen molar-refractivity contribution >= 4 is 16.9 Å². The predicted octanol–water partition coefficient (Wildman–Crippen LogP) is 4.51. The number of benzene rings is 2. The third-order valence-corrected chi connectivity index (χ3v) is 6.74. The Balaban J connectivity index is 1.41. The zero-order valence-corrected chi connectivity index (χ0v) is 22.2. The van der Waals surface area contributed by atoms with Crippen LogP contribution in [0.5, 0.6) is 11.5 Å². The van der Waals surface area contributed by atoms with E-state index in [0.717, 1.165) is 36.0 Å². The molecule has 1 aliphatic heterocycles. The number of methoxy groups -OCH3 is 2. The summed E-state index contributed by atoms with van der Waals surface area (Å²) in [6, 6.07) is 13.5. The first-order valence-corrected chi connectivity index (χ1v) is 12.9. The third kappa shape index (κ3) is 6.83. The molecule has 0 aliphatic carbocycles. The van der Waals surface area contributed by atoms with Gasteiger partial charge in [0.2, 0.25) is 0 Å². The van der Waals surface area contributed by atoms with E-state index in [4.69, 9.17) is 23.4 Å². The topological polar surface area (TPSA) is 82.4 Å². The van der Waals surface area contributed by atoms with E-state index in [-0.39, 0.29) is 24.0 Å². The van der Waals surface area contributed by atoms with Crippen LogP contribution < -0.4 is 14.8 Å². The van der Waals surface area contributed by atoms with Crippen molar-refractivity contribution in [3.8, 4) is 11.5 Å². The van der Waals surface area contributed by atoms with E-state index in [9.17, 15) is 4.79 Å². The number of fused-ring (bicyclic) bond motifs is 1. The van der Waals surface area contributed by atoms with Gasteiger partial charge in [-0.25, -0.2) is 0 Å². The van der Waals surface area contributed by atoms with Gasteiger partial charge in [0.15, 0.2) is 11.5 Å². The average molecular weight is 511 g/mol. The normalized spacial score (nSPS) is 17.4. The van der Waals surface area contributed by atoms with Gasteiger partial charge in [-0.1, -0.05) is 6.07 Å². The summed E-state index contributed by atoms with van der Waals surface area (Å²) in [4.78, 5) is 15.5. The van der Waals surface area contributed by atoms with Crippen LogP contribution in [0.3, 0.4) is 0 Å². The zero-order valence-electron chi connectivity index (χ0n) is 22.2. The van der Waals surface area contributed by atoms with Gasteiger partial charge >= 0.3 is 0 Å².